The summed E-state index contributed by atoms with van der Waals surface area (Å²) >= 11 is 0. The molecule has 2 aliphatic rings. The minimum atomic E-state index is -1.03. The summed E-state index contributed by atoms with van der Waals surface area (Å²) in [5.41, 5.74) is 5.38. The van der Waals surface area contributed by atoms with Crippen molar-refractivity contribution >= 4 is 18.0 Å². The van der Waals surface area contributed by atoms with Gasteiger partial charge in [-0.15, -0.1) is 0 Å². The van der Waals surface area contributed by atoms with Crippen LogP contribution in [0.3, 0.4) is 0 Å². The summed E-state index contributed by atoms with van der Waals surface area (Å²) in [6.07, 6.45) is -0.221. The highest BCUT2D eigenvalue weighted by Crippen LogP contribution is 2.44. The third-order valence-electron chi connectivity index (χ3n) is 7.78. The van der Waals surface area contributed by atoms with Crippen molar-refractivity contribution in [1.29, 1.82) is 0 Å². The molecule has 0 saturated carbocycles. The molecule has 0 bridgehead atoms. The largest absolute Gasteiger partial charge is 0.481 e. The molecule has 1 heterocycles. The van der Waals surface area contributed by atoms with Gasteiger partial charge in [-0.25, -0.2) is 4.79 Å². The van der Waals surface area contributed by atoms with Gasteiger partial charge in [-0.1, -0.05) is 78.9 Å². The Kier molecular flexibility index (Phi) is 8.45. The fourth-order valence-electron chi connectivity index (χ4n) is 5.76. The number of carboxylic acids is 1. The van der Waals surface area contributed by atoms with E-state index >= 15 is 0 Å². The van der Waals surface area contributed by atoms with Gasteiger partial charge in [0.1, 0.15) is 12.6 Å². The van der Waals surface area contributed by atoms with Gasteiger partial charge in [-0.2, -0.15) is 0 Å². The number of carboxylic acid groups (broad SMARTS) is 1. The quantitative estimate of drug-likeness (QED) is 0.375. The molecule has 3 aromatic carbocycles. The summed E-state index contributed by atoms with van der Waals surface area (Å²) in [7, 11) is 0. The van der Waals surface area contributed by atoms with Crippen LogP contribution in [0, 0.1) is 0 Å². The summed E-state index contributed by atoms with van der Waals surface area (Å²) in [5, 5.41) is 12.1. The Hall–Kier alpha value is -4.17. The van der Waals surface area contributed by atoms with Gasteiger partial charge >= 0.3 is 12.1 Å². The number of ether oxygens (including phenoxy) is 2. The number of aliphatic carboxylic acids is 1. The Morgan fingerprint density at radius 1 is 0.950 bits per heavy atom. The number of likely N-dealkylation sites (tertiary alicyclic amines) is 1. The van der Waals surface area contributed by atoms with Crippen LogP contribution in [0.2, 0.25) is 0 Å². The van der Waals surface area contributed by atoms with E-state index in [9.17, 15) is 19.5 Å². The molecule has 1 aliphatic carbocycles. The maximum Gasteiger partial charge on any atom is 0.407 e. The molecule has 0 radical (unpaired) electrons. The highest BCUT2D eigenvalue weighted by molar-refractivity contribution is 5.87. The van der Waals surface area contributed by atoms with Gasteiger partial charge in [0.15, 0.2) is 0 Å². The number of carbonyl (C=O) groups excluding carboxylic acids is 2. The molecule has 208 valence electrons. The van der Waals surface area contributed by atoms with Crippen molar-refractivity contribution in [3.63, 3.8) is 0 Å². The van der Waals surface area contributed by atoms with E-state index in [-0.39, 0.29) is 31.5 Å². The van der Waals surface area contributed by atoms with Crippen LogP contribution in [0.15, 0.2) is 78.9 Å². The second-order valence-corrected chi connectivity index (χ2v) is 10.4. The Labute approximate surface area is 233 Å². The molecule has 2 amide bonds. The van der Waals surface area contributed by atoms with E-state index in [2.05, 4.69) is 17.4 Å². The van der Waals surface area contributed by atoms with Crippen molar-refractivity contribution < 1.29 is 29.0 Å². The first-order valence-electron chi connectivity index (χ1n) is 13.7. The summed E-state index contributed by atoms with van der Waals surface area (Å²) < 4.78 is 11.7. The van der Waals surface area contributed by atoms with Gasteiger partial charge in [0.05, 0.1) is 19.1 Å². The average Bonchev–Trinajstić information content (AvgIpc) is 3.55. The van der Waals surface area contributed by atoms with E-state index in [4.69, 9.17) is 9.47 Å². The van der Waals surface area contributed by atoms with Crippen LogP contribution in [0.25, 0.3) is 11.1 Å². The lowest BCUT2D eigenvalue weighted by molar-refractivity contribution is -0.142. The van der Waals surface area contributed by atoms with Crippen LogP contribution >= 0.6 is 0 Å². The number of nitrogens with zero attached hydrogens (tertiary/aromatic N) is 1. The lowest BCUT2D eigenvalue weighted by Crippen LogP contribution is -2.55. The minimum absolute atomic E-state index is 0.113. The Morgan fingerprint density at radius 2 is 1.57 bits per heavy atom. The fourth-order valence-corrected chi connectivity index (χ4v) is 5.76. The van der Waals surface area contributed by atoms with E-state index < -0.39 is 30.3 Å². The van der Waals surface area contributed by atoms with Crippen LogP contribution in [0.1, 0.15) is 48.8 Å². The van der Waals surface area contributed by atoms with Gasteiger partial charge in [0.2, 0.25) is 5.91 Å². The summed E-state index contributed by atoms with van der Waals surface area (Å²) in [6.45, 7) is 2.55. The first-order chi connectivity index (χ1) is 19.4. The second-order valence-electron chi connectivity index (χ2n) is 10.4. The van der Waals surface area contributed by atoms with Crippen molar-refractivity contribution in [2.45, 2.75) is 56.9 Å². The number of rotatable bonds is 10. The molecule has 0 aromatic heterocycles. The van der Waals surface area contributed by atoms with E-state index in [0.717, 1.165) is 27.8 Å². The minimum Gasteiger partial charge on any atom is -0.481 e. The van der Waals surface area contributed by atoms with E-state index in [1.807, 2.05) is 66.7 Å². The van der Waals surface area contributed by atoms with E-state index in [1.165, 1.54) is 0 Å². The number of amides is 2. The lowest BCUT2D eigenvalue weighted by Gasteiger charge is -2.31. The van der Waals surface area contributed by atoms with Crippen LogP contribution in [0.4, 0.5) is 4.79 Å². The zero-order chi connectivity index (χ0) is 28.1. The zero-order valence-electron chi connectivity index (χ0n) is 22.5. The molecule has 1 saturated heterocycles. The van der Waals surface area contributed by atoms with Crippen LogP contribution in [-0.4, -0.2) is 59.3 Å². The number of carbonyl (C=O) groups is 3. The number of benzene rings is 3. The first-order valence-corrected chi connectivity index (χ1v) is 13.7. The van der Waals surface area contributed by atoms with E-state index in [0.29, 0.717) is 19.4 Å². The standard InChI is InChI=1S/C32H34N2O6/c1-21(39-19-22-10-3-2-4-11-22)30(31(37)34-17-9-12-23(34)18-29(35)36)33-32(38)40-20-28-26-15-7-5-13-24(26)25-14-6-8-16-27(25)28/h2-8,10-11,13-16,21,23,28,30H,9,12,17-20H2,1H3,(H,33,38)(H,35,36). The number of hydrogen-bond acceptors (Lipinski definition) is 5. The summed E-state index contributed by atoms with van der Waals surface area (Å²) in [5.74, 6) is -1.44. The highest BCUT2D eigenvalue weighted by Gasteiger charge is 2.38. The van der Waals surface area contributed by atoms with Crippen LogP contribution in [-0.2, 0) is 25.7 Å². The highest BCUT2D eigenvalue weighted by atomic mass is 16.5. The Bertz CT molecular complexity index is 1310. The third kappa shape index (κ3) is 6.02. The van der Waals surface area contributed by atoms with Crippen molar-refractivity contribution in [3.05, 3.63) is 95.6 Å². The molecule has 1 aliphatic heterocycles. The van der Waals surface area contributed by atoms with Gasteiger partial charge in [0.25, 0.3) is 0 Å². The number of nitrogens with one attached hydrogen (secondary N) is 1. The number of fused-ring (bicyclic) bond motifs is 3. The van der Waals surface area contributed by atoms with Gasteiger partial charge in [0, 0.05) is 18.5 Å². The van der Waals surface area contributed by atoms with Gasteiger partial charge in [-0.05, 0) is 47.6 Å². The normalized spacial score (nSPS) is 17.5. The van der Waals surface area contributed by atoms with Crippen molar-refractivity contribution in [1.82, 2.24) is 10.2 Å². The fraction of sp³-hybridized carbons (Fsp3) is 0.344. The number of alkyl carbamates (subject to hydrolysis) is 1. The predicted molar refractivity (Wildman–Crippen MR) is 150 cm³/mol. The molecule has 40 heavy (non-hydrogen) atoms. The molecule has 3 atom stereocenters. The lowest BCUT2D eigenvalue weighted by atomic mass is 9.98. The van der Waals surface area contributed by atoms with Crippen molar-refractivity contribution in [3.8, 4) is 11.1 Å². The monoisotopic (exact) mass is 542 g/mol. The molecular weight excluding hydrogens is 508 g/mol. The molecular formula is C32H34N2O6. The van der Waals surface area contributed by atoms with Crippen molar-refractivity contribution in [2.24, 2.45) is 0 Å². The maximum absolute atomic E-state index is 13.7. The molecule has 5 rings (SSSR count). The molecule has 8 heteroatoms. The molecule has 2 N–H and O–H groups in total. The molecule has 3 unspecified atom stereocenters. The second kappa shape index (κ2) is 12.3. The topological polar surface area (TPSA) is 105 Å². The zero-order valence-corrected chi connectivity index (χ0v) is 22.5. The van der Waals surface area contributed by atoms with Crippen molar-refractivity contribution in [2.75, 3.05) is 13.2 Å². The van der Waals surface area contributed by atoms with E-state index in [1.54, 1.807) is 11.8 Å². The van der Waals surface area contributed by atoms with Crippen LogP contribution < -0.4 is 5.32 Å². The molecule has 1 fully saturated rings. The van der Waals surface area contributed by atoms with Gasteiger partial charge in [-0.3, -0.25) is 9.59 Å². The summed E-state index contributed by atoms with van der Waals surface area (Å²) in [6, 6.07) is 24.3. The summed E-state index contributed by atoms with van der Waals surface area (Å²) in [4.78, 5) is 39.8. The first kappa shape index (κ1) is 27.4. The number of hydrogen-bond donors (Lipinski definition) is 2. The van der Waals surface area contributed by atoms with Crippen LogP contribution in [0.5, 0.6) is 0 Å². The molecule has 3 aromatic rings. The smallest absolute Gasteiger partial charge is 0.407 e. The third-order valence-corrected chi connectivity index (χ3v) is 7.78. The Balaban J connectivity index is 1.29. The van der Waals surface area contributed by atoms with Gasteiger partial charge < -0.3 is 24.8 Å². The Morgan fingerprint density at radius 3 is 2.23 bits per heavy atom. The SMILES string of the molecule is CC(OCc1ccccc1)C(NC(=O)OCC1c2ccccc2-c2ccccc21)C(=O)N1CCCC1CC(=O)O. The molecule has 0 spiro atoms. The maximum atomic E-state index is 13.7. The predicted octanol–water partition coefficient (Wildman–Crippen LogP) is 4.96. The average molecular weight is 543 g/mol. The molecule has 8 nitrogen and oxygen atoms in total.